The lowest BCUT2D eigenvalue weighted by molar-refractivity contribution is -0.139. The lowest BCUT2D eigenvalue weighted by Crippen LogP contribution is -2.48. The number of carbonyl (C=O) groups is 3. The second-order valence-electron chi connectivity index (χ2n) is 10.2. The molecule has 1 aliphatic heterocycles. The zero-order valence-corrected chi connectivity index (χ0v) is 19.4. The van der Waals surface area contributed by atoms with E-state index in [9.17, 15) is 14.4 Å². The highest BCUT2D eigenvalue weighted by atomic mass is 16.2. The van der Waals surface area contributed by atoms with E-state index in [1.54, 1.807) is 23.4 Å². The van der Waals surface area contributed by atoms with E-state index in [2.05, 4.69) is 15.4 Å². The highest BCUT2D eigenvalue weighted by Gasteiger charge is 2.40. The van der Waals surface area contributed by atoms with E-state index in [-0.39, 0.29) is 24.1 Å². The van der Waals surface area contributed by atoms with Crippen molar-refractivity contribution in [3.8, 4) is 0 Å². The summed E-state index contributed by atoms with van der Waals surface area (Å²) in [5, 5.41) is 8.21. The number of hydrogen-bond acceptors (Lipinski definition) is 5. The molecule has 8 nitrogen and oxygen atoms in total. The molecule has 2 aromatic heterocycles. The minimum absolute atomic E-state index is 0.00996. The molecular weight excluding hydrogens is 418 g/mol. The van der Waals surface area contributed by atoms with Gasteiger partial charge in [0.1, 0.15) is 18.3 Å². The summed E-state index contributed by atoms with van der Waals surface area (Å²) in [6.45, 7) is 2.74. The molecule has 3 aliphatic rings. The van der Waals surface area contributed by atoms with Crippen molar-refractivity contribution in [2.75, 3.05) is 13.1 Å². The van der Waals surface area contributed by atoms with Gasteiger partial charge in [0, 0.05) is 31.6 Å². The number of ketones is 1. The van der Waals surface area contributed by atoms with E-state index in [0.717, 1.165) is 6.42 Å². The van der Waals surface area contributed by atoms with Gasteiger partial charge in [-0.1, -0.05) is 6.42 Å². The predicted octanol–water partition coefficient (Wildman–Crippen LogP) is 3.10. The Morgan fingerprint density at radius 1 is 1.12 bits per heavy atom. The molecule has 3 heterocycles. The van der Waals surface area contributed by atoms with Crippen LogP contribution in [0.3, 0.4) is 0 Å². The van der Waals surface area contributed by atoms with Crippen LogP contribution in [0.15, 0.2) is 18.5 Å². The van der Waals surface area contributed by atoms with E-state index in [4.69, 9.17) is 0 Å². The molecule has 1 atom stereocenters. The molecule has 176 valence electrons. The number of amides is 2. The number of carbonyl (C=O) groups excluding carboxylic acids is 3. The maximum absolute atomic E-state index is 13.1. The molecule has 2 saturated carbocycles. The van der Waals surface area contributed by atoms with Crippen molar-refractivity contribution in [3.05, 3.63) is 24.2 Å². The molecule has 0 bridgehead atoms. The summed E-state index contributed by atoms with van der Waals surface area (Å²) in [6, 6.07) is 1.32. The number of pyridine rings is 1. The first-order valence-electron chi connectivity index (χ1n) is 12.3. The Hall–Kier alpha value is -2.77. The molecule has 2 amide bonds. The fourth-order valence-electron chi connectivity index (χ4n) is 5.99. The largest absolute Gasteiger partial charge is 0.354 e. The summed E-state index contributed by atoms with van der Waals surface area (Å²) < 4.78 is 1.53. The topological polar surface area (TPSA) is 97.2 Å². The Balaban J connectivity index is 1.20. The number of hydrogen-bond donors (Lipinski definition) is 1. The maximum atomic E-state index is 13.1. The first-order chi connectivity index (χ1) is 16.0. The van der Waals surface area contributed by atoms with Crippen molar-refractivity contribution in [2.24, 2.45) is 11.3 Å². The Morgan fingerprint density at radius 3 is 2.61 bits per heavy atom. The highest BCUT2D eigenvalue weighted by Crippen LogP contribution is 2.52. The number of likely N-dealkylation sites (tertiary alicyclic amines) is 1. The summed E-state index contributed by atoms with van der Waals surface area (Å²) in [5.74, 6) is 0.210. The molecule has 33 heavy (non-hydrogen) atoms. The van der Waals surface area contributed by atoms with Gasteiger partial charge in [-0.05, 0) is 68.8 Å². The van der Waals surface area contributed by atoms with E-state index < -0.39 is 6.04 Å². The molecule has 5 rings (SSSR count). The molecule has 0 aromatic carbocycles. The number of aromatic nitrogens is 3. The summed E-state index contributed by atoms with van der Waals surface area (Å²) in [4.78, 5) is 43.9. The minimum atomic E-state index is -0.425. The van der Waals surface area contributed by atoms with Gasteiger partial charge in [0.05, 0.1) is 11.7 Å². The van der Waals surface area contributed by atoms with Crippen LogP contribution < -0.4 is 5.32 Å². The fourth-order valence-corrected chi connectivity index (χ4v) is 5.99. The Morgan fingerprint density at radius 2 is 1.91 bits per heavy atom. The molecule has 1 spiro atoms. The van der Waals surface area contributed by atoms with Gasteiger partial charge >= 0.3 is 0 Å². The van der Waals surface area contributed by atoms with Crippen LogP contribution in [0.1, 0.15) is 75.2 Å². The van der Waals surface area contributed by atoms with Crippen LogP contribution in [0, 0.1) is 11.3 Å². The van der Waals surface area contributed by atoms with Gasteiger partial charge in [-0.25, -0.2) is 0 Å². The average molecular weight is 452 g/mol. The molecular formula is C25H33N5O3. The fraction of sp³-hybridized carbons (Fsp3) is 0.640. The number of Topliss-reactive ketones (excluding diaryl/α,β-unsaturated/α-hetero) is 1. The quantitative estimate of drug-likeness (QED) is 0.681. The molecule has 0 radical (unpaired) electrons. The van der Waals surface area contributed by atoms with E-state index >= 15 is 0 Å². The molecule has 0 unspecified atom stereocenters. The van der Waals surface area contributed by atoms with Crippen LogP contribution in [0.5, 0.6) is 0 Å². The molecule has 2 aromatic rings. The van der Waals surface area contributed by atoms with Gasteiger partial charge in [-0.2, -0.15) is 5.10 Å². The van der Waals surface area contributed by atoms with Crippen molar-refractivity contribution >= 4 is 28.5 Å². The Labute approximate surface area is 194 Å². The highest BCUT2D eigenvalue weighted by molar-refractivity contribution is 6.04. The average Bonchev–Trinajstić information content (AvgIpc) is 3.43. The lowest BCUT2D eigenvalue weighted by atomic mass is 9.59. The molecule has 1 N–H and O–H groups in total. The van der Waals surface area contributed by atoms with Gasteiger partial charge in [0.15, 0.2) is 5.78 Å². The molecule has 3 fully saturated rings. The second kappa shape index (κ2) is 8.88. The third-order valence-corrected chi connectivity index (χ3v) is 8.19. The van der Waals surface area contributed by atoms with Crippen molar-refractivity contribution < 1.29 is 14.4 Å². The van der Waals surface area contributed by atoms with Crippen LogP contribution in [0.4, 0.5) is 0 Å². The minimum Gasteiger partial charge on any atom is -0.354 e. The molecule has 8 heteroatoms. The second-order valence-corrected chi connectivity index (χ2v) is 10.2. The number of rotatable bonds is 6. The summed E-state index contributed by atoms with van der Waals surface area (Å²) in [7, 11) is 0. The van der Waals surface area contributed by atoms with Gasteiger partial charge in [-0.15, -0.1) is 0 Å². The van der Waals surface area contributed by atoms with Crippen LogP contribution >= 0.6 is 0 Å². The van der Waals surface area contributed by atoms with Gasteiger partial charge in [-0.3, -0.25) is 24.0 Å². The monoisotopic (exact) mass is 451 g/mol. The lowest BCUT2D eigenvalue weighted by Gasteiger charge is -2.47. The zero-order chi connectivity index (χ0) is 23.0. The first kappa shape index (κ1) is 22.0. The van der Waals surface area contributed by atoms with Crippen LogP contribution in [-0.4, -0.2) is 56.4 Å². The number of nitrogens with zero attached hydrogens (tertiary/aromatic N) is 4. The molecule has 2 aliphatic carbocycles. The Kier molecular flexibility index (Phi) is 5.93. The standard InChI is InChI=1S/C25H33N5O3/c1-17(31)23-19-7-12-26-15-21(19)30(28-23)16-22(32)29-13-2-4-20(29)24(33)27-14-18-5-10-25(11-6-18)8-3-9-25/h7,12,15,18,20H,2-6,8-11,13-14,16H2,1H3,(H,27,33)/t20-/m0/s1. The van der Waals surface area contributed by atoms with Crippen molar-refractivity contribution in [1.29, 1.82) is 0 Å². The van der Waals surface area contributed by atoms with Gasteiger partial charge in [0.2, 0.25) is 11.8 Å². The first-order valence-corrected chi connectivity index (χ1v) is 12.3. The smallest absolute Gasteiger partial charge is 0.245 e. The van der Waals surface area contributed by atoms with E-state index in [1.165, 1.54) is 56.6 Å². The Bertz CT molecular complexity index is 1060. The SMILES string of the molecule is CC(=O)c1nn(CC(=O)N2CCC[C@H]2C(=O)NCC2CCC3(CCC3)CC2)c2cnccc12. The van der Waals surface area contributed by atoms with Gasteiger partial charge < -0.3 is 10.2 Å². The third kappa shape index (κ3) is 4.27. The van der Waals surface area contributed by atoms with Crippen molar-refractivity contribution in [3.63, 3.8) is 0 Å². The molecule has 1 saturated heterocycles. The zero-order valence-electron chi connectivity index (χ0n) is 19.4. The van der Waals surface area contributed by atoms with Crippen molar-refractivity contribution in [2.45, 2.75) is 77.3 Å². The maximum Gasteiger partial charge on any atom is 0.245 e. The van der Waals surface area contributed by atoms with Crippen molar-refractivity contribution in [1.82, 2.24) is 25.0 Å². The van der Waals surface area contributed by atoms with E-state index in [0.29, 0.717) is 47.4 Å². The van der Waals surface area contributed by atoms with Crippen LogP contribution in [-0.2, 0) is 16.1 Å². The van der Waals surface area contributed by atoms with E-state index in [1.807, 2.05) is 0 Å². The van der Waals surface area contributed by atoms with Gasteiger partial charge in [0.25, 0.3) is 0 Å². The van der Waals surface area contributed by atoms with Crippen LogP contribution in [0.25, 0.3) is 10.9 Å². The summed E-state index contributed by atoms with van der Waals surface area (Å²) in [5.41, 5.74) is 1.62. The number of fused-ring (bicyclic) bond motifs is 1. The normalized spacial score (nSPS) is 22.5. The summed E-state index contributed by atoms with van der Waals surface area (Å²) in [6.07, 6.45) is 13.9. The summed E-state index contributed by atoms with van der Waals surface area (Å²) >= 11 is 0. The third-order valence-electron chi connectivity index (χ3n) is 8.19. The van der Waals surface area contributed by atoms with Crippen LogP contribution in [0.2, 0.25) is 0 Å². The predicted molar refractivity (Wildman–Crippen MR) is 124 cm³/mol. The number of nitrogens with one attached hydrogen (secondary N) is 1.